The van der Waals surface area contributed by atoms with Crippen LogP contribution >= 0.6 is 0 Å². The standard InChI is InChI=1S/C18H22F2N4O2/c1-23(11-12-6-8-13(9-7-12)26-17(19)20)18(25)22-15-4-3-5-16-14(15)10-21-24(16)2/h6-10,15,17H,3-5,11H2,1-2H3,(H,22,25)/t15-/m0/s1. The van der Waals surface area contributed by atoms with Crippen molar-refractivity contribution in [2.75, 3.05) is 7.05 Å². The molecule has 1 aliphatic carbocycles. The van der Waals surface area contributed by atoms with Crippen LogP contribution in [0, 0.1) is 0 Å². The van der Waals surface area contributed by atoms with Crippen LogP contribution in [0.25, 0.3) is 0 Å². The fraction of sp³-hybridized carbons (Fsp3) is 0.444. The number of fused-ring (bicyclic) bond motifs is 1. The Morgan fingerprint density at radius 1 is 1.42 bits per heavy atom. The molecule has 6 nitrogen and oxygen atoms in total. The van der Waals surface area contributed by atoms with E-state index in [1.54, 1.807) is 24.1 Å². The number of carbonyl (C=O) groups excluding carboxylic acids is 1. The molecule has 0 bridgehead atoms. The lowest BCUT2D eigenvalue weighted by Gasteiger charge is -2.26. The van der Waals surface area contributed by atoms with Gasteiger partial charge in [0.1, 0.15) is 5.75 Å². The van der Waals surface area contributed by atoms with Gasteiger partial charge in [-0.1, -0.05) is 12.1 Å². The van der Waals surface area contributed by atoms with E-state index in [2.05, 4.69) is 15.2 Å². The van der Waals surface area contributed by atoms with Gasteiger partial charge in [0.05, 0.1) is 12.2 Å². The van der Waals surface area contributed by atoms with Crippen molar-refractivity contribution in [3.8, 4) is 5.75 Å². The van der Waals surface area contributed by atoms with Crippen molar-refractivity contribution in [2.24, 2.45) is 7.05 Å². The molecule has 1 aromatic heterocycles. The molecule has 26 heavy (non-hydrogen) atoms. The molecule has 1 aliphatic rings. The average molecular weight is 364 g/mol. The third-order valence-corrected chi connectivity index (χ3v) is 4.59. The average Bonchev–Trinajstić information content (AvgIpc) is 2.98. The van der Waals surface area contributed by atoms with Crippen LogP contribution < -0.4 is 10.1 Å². The molecule has 1 aromatic carbocycles. The Kier molecular flexibility index (Phi) is 5.39. The van der Waals surface area contributed by atoms with Gasteiger partial charge in [0.15, 0.2) is 0 Å². The highest BCUT2D eigenvalue weighted by Gasteiger charge is 2.25. The molecule has 140 valence electrons. The van der Waals surface area contributed by atoms with Crippen LogP contribution in [0.3, 0.4) is 0 Å². The third-order valence-electron chi connectivity index (χ3n) is 4.59. The minimum absolute atomic E-state index is 0.0378. The number of nitrogens with zero attached hydrogens (tertiary/aromatic N) is 3. The summed E-state index contributed by atoms with van der Waals surface area (Å²) in [5.74, 6) is 0.0992. The fourth-order valence-corrected chi connectivity index (χ4v) is 3.24. The molecule has 0 spiro atoms. The number of hydrogen-bond donors (Lipinski definition) is 1. The van der Waals surface area contributed by atoms with Crippen LogP contribution in [0.5, 0.6) is 5.75 Å². The monoisotopic (exact) mass is 364 g/mol. The number of nitrogens with one attached hydrogen (secondary N) is 1. The highest BCUT2D eigenvalue weighted by Crippen LogP contribution is 2.29. The van der Waals surface area contributed by atoms with Gasteiger partial charge >= 0.3 is 12.6 Å². The Morgan fingerprint density at radius 3 is 2.85 bits per heavy atom. The molecular formula is C18H22F2N4O2. The van der Waals surface area contributed by atoms with Crippen molar-refractivity contribution < 1.29 is 18.3 Å². The normalized spacial score (nSPS) is 16.3. The smallest absolute Gasteiger partial charge is 0.387 e. The lowest BCUT2D eigenvalue weighted by Crippen LogP contribution is -2.39. The van der Waals surface area contributed by atoms with Gasteiger partial charge in [0.25, 0.3) is 0 Å². The van der Waals surface area contributed by atoms with Gasteiger partial charge in [0, 0.05) is 31.9 Å². The van der Waals surface area contributed by atoms with Gasteiger partial charge in [-0.25, -0.2) is 4.79 Å². The number of amides is 2. The molecule has 2 aromatic rings. The summed E-state index contributed by atoms with van der Waals surface area (Å²) in [6.07, 6.45) is 4.69. The van der Waals surface area contributed by atoms with E-state index in [0.717, 1.165) is 30.4 Å². The maximum Gasteiger partial charge on any atom is 0.387 e. The summed E-state index contributed by atoms with van der Waals surface area (Å²) in [5, 5.41) is 7.34. The number of benzene rings is 1. The van der Waals surface area contributed by atoms with Crippen molar-refractivity contribution >= 4 is 6.03 Å². The molecule has 1 atom stereocenters. The topological polar surface area (TPSA) is 59.4 Å². The van der Waals surface area contributed by atoms with Gasteiger partial charge in [-0.15, -0.1) is 0 Å². The number of ether oxygens (including phenoxy) is 1. The second kappa shape index (κ2) is 7.72. The zero-order valence-corrected chi connectivity index (χ0v) is 14.8. The maximum atomic E-state index is 12.5. The number of alkyl halides is 2. The largest absolute Gasteiger partial charge is 0.435 e. The quantitative estimate of drug-likeness (QED) is 0.886. The highest BCUT2D eigenvalue weighted by atomic mass is 19.3. The van der Waals surface area contributed by atoms with E-state index < -0.39 is 6.61 Å². The van der Waals surface area contributed by atoms with Crippen LogP contribution in [0.2, 0.25) is 0 Å². The molecule has 3 rings (SSSR count). The number of halogens is 2. The molecule has 2 amide bonds. The van der Waals surface area contributed by atoms with Crippen LogP contribution in [-0.4, -0.2) is 34.4 Å². The first-order valence-corrected chi connectivity index (χ1v) is 8.50. The van der Waals surface area contributed by atoms with E-state index in [0.29, 0.717) is 6.54 Å². The number of aryl methyl sites for hydroxylation is 1. The molecule has 0 fully saturated rings. The third kappa shape index (κ3) is 4.12. The van der Waals surface area contributed by atoms with E-state index in [9.17, 15) is 13.6 Å². The summed E-state index contributed by atoms with van der Waals surface area (Å²) in [6.45, 7) is -2.48. The molecular weight excluding hydrogens is 342 g/mol. The van der Waals surface area contributed by atoms with E-state index in [-0.39, 0.29) is 17.8 Å². The van der Waals surface area contributed by atoms with E-state index in [1.807, 2.05) is 17.9 Å². The van der Waals surface area contributed by atoms with Gasteiger partial charge in [-0.2, -0.15) is 13.9 Å². The molecule has 0 aliphatic heterocycles. The summed E-state index contributed by atoms with van der Waals surface area (Å²) in [4.78, 5) is 14.1. The summed E-state index contributed by atoms with van der Waals surface area (Å²) in [7, 11) is 3.61. The number of hydrogen-bond acceptors (Lipinski definition) is 3. The second-order valence-electron chi connectivity index (χ2n) is 6.44. The summed E-state index contributed by atoms with van der Waals surface area (Å²) >= 11 is 0. The van der Waals surface area contributed by atoms with E-state index in [1.165, 1.54) is 17.8 Å². The van der Waals surface area contributed by atoms with Crippen molar-refractivity contribution in [1.82, 2.24) is 20.0 Å². The lowest BCUT2D eigenvalue weighted by molar-refractivity contribution is -0.0498. The van der Waals surface area contributed by atoms with Crippen molar-refractivity contribution in [3.05, 3.63) is 47.3 Å². The van der Waals surface area contributed by atoms with Gasteiger partial charge in [0.2, 0.25) is 0 Å². The lowest BCUT2D eigenvalue weighted by atomic mass is 9.93. The minimum Gasteiger partial charge on any atom is -0.435 e. The molecule has 0 saturated heterocycles. The zero-order chi connectivity index (χ0) is 18.7. The predicted octanol–water partition coefficient (Wildman–Crippen LogP) is 3.24. The van der Waals surface area contributed by atoms with Crippen molar-refractivity contribution in [2.45, 2.75) is 38.5 Å². The van der Waals surface area contributed by atoms with Crippen LogP contribution in [0.15, 0.2) is 30.5 Å². The molecule has 0 radical (unpaired) electrons. The van der Waals surface area contributed by atoms with Crippen molar-refractivity contribution in [1.29, 1.82) is 0 Å². The molecule has 0 unspecified atom stereocenters. The first-order chi connectivity index (χ1) is 12.4. The summed E-state index contributed by atoms with van der Waals surface area (Å²) in [5.41, 5.74) is 3.07. The fourth-order valence-electron chi connectivity index (χ4n) is 3.24. The first-order valence-electron chi connectivity index (χ1n) is 8.50. The molecule has 1 N–H and O–H groups in total. The van der Waals surface area contributed by atoms with Gasteiger partial charge in [-0.3, -0.25) is 4.68 Å². The first kappa shape index (κ1) is 18.2. The van der Waals surface area contributed by atoms with Crippen LogP contribution in [0.4, 0.5) is 13.6 Å². The zero-order valence-electron chi connectivity index (χ0n) is 14.8. The Bertz CT molecular complexity index is 761. The molecule has 1 heterocycles. The molecule has 0 saturated carbocycles. The summed E-state index contributed by atoms with van der Waals surface area (Å²) < 4.78 is 30.5. The highest BCUT2D eigenvalue weighted by molar-refractivity contribution is 5.74. The van der Waals surface area contributed by atoms with Gasteiger partial charge in [-0.05, 0) is 37.0 Å². The number of rotatable bonds is 5. The summed E-state index contributed by atoms with van der Waals surface area (Å²) in [6, 6.07) is 6.05. The van der Waals surface area contributed by atoms with Crippen LogP contribution in [-0.2, 0) is 20.0 Å². The predicted molar refractivity (Wildman–Crippen MR) is 92.0 cm³/mol. The van der Waals surface area contributed by atoms with Crippen molar-refractivity contribution in [3.63, 3.8) is 0 Å². The minimum atomic E-state index is -2.85. The SMILES string of the molecule is CN(Cc1ccc(OC(F)F)cc1)C(=O)N[C@H]1CCCc2c1cnn2C. The maximum absolute atomic E-state index is 12.5. The number of urea groups is 1. The number of carbonyl (C=O) groups is 1. The Morgan fingerprint density at radius 2 is 2.15 bits per heavy atom. The van der Waals surface area contributed by atoms with E-state index in [4.69, 9.17) is 0 Å². The molecule has 8 heteroatoms. The van der Waals surface area contributed by atoms with Gasteiger partial charge < -0.3 is 15.0 Å². The Balaban J connectivity index is 1.58. The Hall–Kier alpha value is -2.64. The van der Waals surface area contributed by atoms with Crippen LogP contribution in [0.1, 0.15) is 35.7 Å². The Labute approximate surface area is 150 Å². The number of aromatic nitrogens is 2. The second-order valence-corrected chi connectivity index (χ2v) is 6.44. The van der Waals surface area contributed by atoms with E-state index >= 15 is 0 Å².